The van der Waals surface area contributed by atoms with Gasteiger partial charge in [-0.2, -0.15) is 0 Å². The molecule has 2 aliphatic heterocycles. The summed E-state index contributed by atoms with van der Waals surface area (Å²) < 4.78 is 0. The van der Waals surface area contributed by atoms with E-state index in [2.05, 4.69) is 26.6 Å². The van der Waals surface area contributed by atoms with Crippen LogP contribution in [0, 0.1) is 5.92 Å². The van der Waals surface area contributed by atoms with E-state index in [9.17, 15) is 4.79 Å². The van der Waals surface area contributed by atoms with E-state index in [1.165, 1.54) is 32.1 Å². The number of carbonyl (C=O) groups excluding carboxylic acids is 1. The van der Waals surface area contributed by atoms with Crippen molar-refractivity contribution in [1.29, 1.82) is 0 Å². The Labute approximate surface area is 157 Å². The van der Waals surface area contributed by atoms with Gasteiger partial charge in [0.25, 0.3) is 0 Å². The summed E-state index contributed by atoms with van der Waals surface area (Å²) in [7, 11) is 0. The summed E-state index contributed by atoms with van der Waals surface area (Å²) in [5, 5.41) is 6.41. The summed E-state index contributed by atoms with van der Waals surface area (Å²) in [5.74, 6) is 1.89. The number of nitrogens with one attached hydrogen (secondary N) is 2. The molecule has 1 amide bonds. The molecule has 140 valence electrons. The first-order valence-corrected chi connectivity index (χ1v) is 9.48. The Kier molecular flexibility index (Phi) is 8.49. The fourth-order valence-electron chi connectivity index (χ4n) is 3.63. The number of amides is 1. The van der Waals surface area contributed by atoms with Crippen LogP contribution >= 0.6 is 12.4 Å². The van der Waals surface area contributed by atoms with E-state index in [-0.39, 0.29) is 18.3 Å². The number of halogens is 1. The van der Waals surface area contributed by atoms with Crippen LogP contribution in [0.3, 0.4) is 0 Å². The molecule has 1 atom stereocenters. The molecule has 1 aromatic rings. The zero-order valence-corrected chi connectivity index (χ0v) is 15.8. The monoisotopic (exact) mass is 366 g/mol. The van der Waals surface area contributed by atoms with E-state index in [0.717, 1.165) is 44.0 Å². The zero-order valence-electron chi connectivity index (χ0n) is 15.0. The minimum atomic E-state index is 0. The molecule has 2 aliphatic rings. The molecule has 3 rings (SSSR count). The van der Waals surface area contributed by atoms with Crippen LogP contribution in [0.1, 0.15) is 50.5 Å². The highest BCUT2D eigenvalue weighted by atomic mass is 35.5. The molecule has 2 saturated heterocycles. The molecule has 0 saturated carbocycles. The van der Waals surface area contributed by atoms with E-state index >= 15 is 0 Å². The summed E-state index contributed by atoms with van der Waals surface area (Å²) in [6, 6.07) is 4.13. The number of rotatable bonds is 6. The quantitative estimate of drug-likeness (QED) is 0.812. The van der Waals surface area contributed by atoms with Gasteiger partial charge in [-0.25, -0.2) is 4.98 Å². The third-order valence-electron chi connectivity index (χ3n) is 5.17. The molecule has 6 heteroatoms. The van der Waals surface area contributed by atoms with E-state index in [0.29, 0.717) is 18.9 Å². The Morgan fingerprint density at radius 3 is 2.80 bits per heavy atom. The molecule has 3 heterocycles. The van der Waals surface area contributed by atoms with E-state index in [1.54, 1.807) is 0 Å². The maximum atomic E-state index is 12.0. The zero-order chi connectivity index (χ0) is 16.6. The Morgan fingerprint density at radius 2 is 2.08 bits per heavy atom. The number of hydrogen-bond acceptors (Lipinski definition) is 4. The van der Waals surface area contributed by atoms with Gasteiger partial charge in [-0.05, 0) is 62.4 Å². The van der Waals surface area contributed by atoms with Crippen molar-refractivity contribution >= 4 is 24.1 Å². The second-order valence-electron chi connectivity index (χ2n) is 7.10. The Balaban J connectivity index is 0.00000225. The van der Waals surface area contributed by atoms with Gasteiger partial charge in [-0.3, -0.25) is 4.79 Å². The summed E-state index contributed by atoms with van der Waals surface area (Å²) in [4.78, 5) is 19.0. The second kappa shape index (κ2) is 10.6. The van der Waals surface area contributed by atoms with Crippen molar-refractivity contribution in [2.45, 2.75) is 51.5 Å². The van der Waals surface area contributed by atoms with Crippen molar-refractivity contribution in [3.05, 3.63) is 23.9 Å². The van der Waals surface area contributed by atoms with Crippen LogP contribution in [0.2, 0.25) is 0 Å². The van der Waals surface area contributed by atoms with Crippen molar-refractivity contribution in [3.63, 3.8) is 0 Å². The lowest BCUT2D eigenvalue weighted by molar-refractivity contribution is -0.121. The maximum absolute atomic E-state index is 12.0. The average Bonchev–Trinajstić information content (AvgIpc) is 2.98. The highest BCUT2D eigenvalue weighted by molar-refractivity contribution is 5.85. The Bertz CT molecular complexity index is 526. The number of anilines is 1. The molecule has 25 heavy (non-hydrogen) atoms. The SMILES string of the molecule is Cl.O=C(CCC1CCNC1)NCc1ccnc(N2CCCCCC2)c1. The molecule has 2 N–H and O–H groups in total. The molecular weight excluding hydrogens is 336 g/mol. The molecule has 1 unspecified atom stereocenters. The highest BCUT2D eigenvalue weighted by Crippen LogP contribution is 2.18. The molecule has 0 bridgehead atoms. The van der Waals surface area contributed by atoms with Crippen LogP contribution in [-0.2, 0) is 11.3 Å². The van der Waals surface area contributed by atoms with Crippen LogP contribution in [0.5, 0.6) is 0 Å². The van der Waals surface area contributed by atoms with Crippen LogP contribution in [0.25, 0.3) is 0 Å². The average molecular weight is 367 g/mol. The standard InChI is InChI=1S/C19H30N4O.ClH/c24-19(6-5-16-7-9-20-14-16)22-15-17-8-10-21-18(13-17)23-11-3-1-2-4-12-23;/h8,10,13,16,20H,1-7,9,11-12,14-15H2,(H,22,24);1H. The third-order valence-corrected chi connectivity index (χ3v) is 5.17. The van der Waals surface area contributed by atoms with Crippen LogP contribution in [-0.4, -0.2) is 37.1 Å². The van der Waals surface area contributed by atoms with Crippen molar-refractivity contribution in [2.24, 2.45) is 5.92 Å². The summed E-state index contributed by atoms with van der Waals surface area (Å²) in [6.07, 6.45) is 9.84. The minimum absolute atomic E-state index is 0. The van der Waals surface area contributed by atoms with Crippen LogP contribution in [0.4, 0.5) is 5.82 Å². The molecule has 2 fully saturated rings. The third kappa shape index (κ3) is 6.48. The van der Waals surface area contributed by atoms with E-state index in [4.69, 9.17) is 0 Å². The van der Waals surface area contributed by atoms with Gasteiger partial charge in [-0.1, -0.05) is 12.8 Å². The van der Waals surface area contributed by atoms with Crippen molar-refractivity contribution in [3.8, 4) is 0 Å². The number of pyridine rings is 1. The molecule has 5 nitrogen and oxygen atoms in total. The molecule has 0 radical (unpaired) electrons. The van der Waals surface area contributed by atoms with Crippen molar-refractivity contribution in [1.82, 2.24) is 15.6 Å². The topological polar surface area (TPSA) is 57.3 Å². The van der Waals surface area contributed by atoms with Crippen LogP contribution in [0.15, 0.2) is 18.3 Å². The first-order valence-electron chi connectivity index (χ1n) is 9.48. The summed E-state index contributed by atoms with van der Waals surface area (Å²) in [5.41, 5.74) is 1.14. The van der Waals surface area contributed by atoms with Gasteiger partial charge >= 0.3 is 0 Å². The number of hydrogen-bond donors (Lipinski definition) is 2. The lowest BCUT2D eigenvalue weighted by Gasteiger charge is -2.21. The molecule has 0 aliphatic carbocycles. The fraction of sp³-hybridized carbons (Fsp3) is 0.684. The maximum Gasteiger partial charge on any atom is 0.220 e. The summed E-state index contributed by atoms with van der Waals surface area (Å²) >= 11 is 0. The van der Waals surface area contributed by atoms with Gasteiger partial charge in [0.2, 0.25) is 5.91 Å². The lowest BCUT2D eigenvalue weighted by Crippen LogP contribution is -2.26. The molecule has 1 aromatic heterocycles. The van der Waals surface area contributed by atoms with Gasteiger partial charge in [0, 0.05) is 32.3 Å². The van der Waals surface area contributed by atoms with Gasteiger partial charge in [0.05, 0.1) is 0 Å². The van der Waals surface area contributed by atoms with Gasteiger partial charge in [-0.15, -0.1) is 12.4 Å². The highest BCUT2D eigenvalue weighted by Gasteiger charge is 2.16. The minimum Gasteiger partial charge on any atom is -0.357 e. The first-order chi connectivity index (χ1) is 11.8. The van der Waals surface area contributed by atoms with E-state index in [1.807, 2.05) is 12.3 Å². The fourth-order valence-corrected chi connectivity index (χ4v) is 3.63. The Morgan fingerprint density at radius 1 is 1.28 bits per heavy atom. The first kappa shape index (κ1) is 20.0. The predicted octanol–water partition coefficient (Wildman–Crippen LogP) is 2.89. The molecule has 0 spiro atoms. The van der Waals surface area contributed by atoms with Gasteiger partial charge in [0.15, 0.2) is 0 Å². The predicted molar refractivity (Wildman–Crippen MR) is 104 cm³/mol. The molecular formula is C19H31ClN4O. The van der Waals surface area contributed by atoms with Gasteiger partial charge in [0.1, 0.15) is 5.82 Å². The number of carbonyl (C=O) groups is 1. The molecule has 0 aromatic carbocycles. The van der Waals surface area contributed by atoms with Crippen LogP contribution < -0.4 is 15.5 Å². The smallest absolute Gasteiger partial charge is 0.220 e. The largest absolute Gasteiger partial charge is 0.357 e. The number of nitrogens with zero attached hydrogens (tertiary/aromatic N) is 2. The normalized spacial score (nSPS) is 20.6. The number of aromatic nitrogens is 1. The van der Waals surface area contributed by atoms with Crippen molar-refractivity contribution in [2.75, 3.05) is 31.1 Å². The summed E-state index contributed by atoms with van der Waals surface area (Å²) in [6.45, 7) is 4.96. The van der Waals surface area contributed by atoms with Crippen molar-refractivity contribution < 1.29 is 4.79 Å². The van der Waals surface area contributed by atoms with E-state index < -0.39 is 0 Å². The Hall–Kier alpha value is -1.33. The second-order valence-corrected chi connectivity index (χ2v) is 7.10. The lowest BCUT2D eigenvalue weighted by atomic mass is 10.0. The van der Waals surface area contributed by atoms with Gasteiger partial charge < -0.3 is 15.5 Å².